The van der Waals surface area contributed by atoms with Crippen molar-refractivity contribution < 1.29 is 26.9 Å². The van der Waals surface area contributed by atoms with E-state index in [2.05, 4.69) is 162 Å². The summed E-state index contributed by atoms with van der Waals surface area (Å²) in [7, 11) is 0. The Balaban J connectivity index is 0.000000259. The van der Waals surface area contributed by atoms with E-state index in [0.29, 0.717) is 5.75 Å². The van der Waals surface area contributed by atoms with Crippen molar-refractivity contribution in [2.75, 3.05) is 0 Å². The van der Waals surface area contributed by atoms with E-state index in [-0.39, 0.29) is 11.8 Å². The maximum atomic E-state index is 11.9. The molecule has 0 saturated heterocycles. The van der Waals surface area contributed by atoms with Gasteiger partial charge in [0.05, 0.1) is 0 Å². The van der Waals surface area contributed by atoms with Gasteiger partial charge >= 0.3 is 82.2 Å². The summed E-state index contributed by atoms with van der Waals surface area (Å²) in [6.45, 7) is 2.12. The molecular formula is C44H41OZr. The summed E-state index contributed by atoms with van der Waals surface area (Å²) < 4.78 is 5.78. The zero-order chi connectivity index (χ0) is 31.9. The zero-order valence-corrected chi connectivity index (χ0v) is 29.3. The second-order valence-corrected chi connectivity index (χ2v) is 19.2. The van der Waals surface area contributed by atoms with E-state index in [1.165, 1.54) is 5.56 Å². The SMILES string of the molecule is Cc1cc(C(c2ccccc2)c2ccccc2)c(O)c(C(c2ccccc2)c2ccccc2)c1.[CH3][Zr]([CH3])[CH]1C=Cc2ccccc21. The first kappa shape index (κ1) is 31.7. The van der Waals surface area contributed by atoms with Gasteiger partial charge in [-0.15, -0.1) is 0 Å². The predicted molar refractivity (Wildman–Crippen MR) is 190 cm³/mol. The van der Waals surface area contributed by atoms with E-state index >= 15 is 0 Å². The van der Waals surface area contributed by atoms with Crippen LogP contribution in [0.25, 0.3) is 6.08 Å². The fourth-order valence-corrected chi connectivity index (χ4v) is 10.1. The quantitative estimate of drug-likeness (QED) is 0.167. The number of aromatic hydroxyl groups is 1. The first-order chi connectivity index (χ1) is 22.5. The predicted octanol–water partition coefficient (Wildman–Crippen LogP) is 11.5. The minimum absolute atomic E-state index is 0.0618. The van der Waals surface area contributed by atoms with Crippen molar-refractivity contribution in [1.82, 2.24) is 0 Å². The molecule has 1 unspecified atom stereocenters. The third-order valence-corrected chi connectivity index (χ3v) is 13.2. The van der Waals surface area contributed by atoms with Gasteiger partial charge in [-0.3, -0.25) is 0 Å². The van der Waals surface area contributed by atoms with Crippen LogP contribution in [0.15, 0.2) is 164 Å². The molecule has 1 N–H and O–H groups in total. The molecule has 0 aliphatic heterocycles. The van der Waals surface area contributed by atoms with Gasteiger partial charge in [-0.1, -0.05) is 139 Å². The first-order valence-electron chi connectivity index (χ1n) is 16.1. The number of benzene rings is 6. The van der Waals surface area contributed by atoms with Crippen LogP contribution in [0.1, 0.15) is 65.5 Å². The fraction of sp³-hybridized carbons (Fsp3) is 0.136. The molecule has 6 aromatic carbocycles. The van der Waals surface area contributed by atoms with E-state index in [1.807, 2.05) is 24.3 Å². The van der Waals surface area contributed by atoms with E-state index in [0.717, 1.165) is 42.6 Å². The van der Waals surface area contributed by atoms with Gasteiger partial charge in [0.2, 0.25) is 0 Å². The third-order valence-electron chi connectivity index (χ3n) is 8.89. The van der Waals surface area contributed by atoms with E-state index in [4.69, 9.17) is 0 Å². The molecule has 0 bridgehead atoms. The molecule has 46 heavy (non-hydrogen) atoms. The average Bonchev–Trinajstić information content (AvgIpc) is 3.54. The molecule has 1 aliphatic carbocycles. The van der Waals surface area contributed by atoms with E-state index in [9.17, 15) is 5.11 Å². The molecule has 6 aromatic rings. The van der Waals surface area contributed by atoms with E-state index < -0.39 is 21.8 Å². The summed E-state index contributed by atoms with van der Waals surface area (Å²) in [4.78, 5) is 0. The number of fused-ring (bicyclic) bond motifs is 1. The van der Waals surface area contributed by atoms with Crippen LogP contribution in [0.2, 0.25) is 9.26 Å². The van der Waals surface area contributed by atoms with Crippen LogP contribution in [-0.4, -0.2) is 5.11 Å². The first-order valence-corrected chi connectivity index (χ1v) is 22.4. The number of rotatable bonds is 7. The molecule has 2 heteroatoms. The maximum absolute atomic E-state index is 11.9. The molecule has 0 heterocycles. The number of aryl methyl sites for hydroxylation is 1. The molecule has 1 atom stereocenters. The van der Waals surface area contributed by atoms with E-state index in [1.54, 1.807) is 5.56 Å². The number of hydrogen-bond acceptors (Lipinski definition) is 1. The van der Waals surface area contributed by atoms with Crippen LogP contribution < -0.4 is 0 Å². The summed E-state index contributed by atoms with van der Waals surface area (Å²) in [5.41, 5.74) is 10.7. The molecule has 0 amide bonds. The van der Waals surface area contributed by atoms with Crippen LogP contribution in [0.5, 0.6) is 5.75 Å². The second kappa shape index (κ2) is 14.9. The monoisotopic (exact) mass is 675 g/mol. The van der Waals surface area contributed by atoms with Gasteiger partial charge in [0.1, 0.15) is 5.75 Å². The Bertz CT molecular complexity index is 1700. The van der Waals surface area contributed by atoms with Crippen molar-refractivity contribution in [3.8, 4) is 5.75 Å². The second-order valence-electron chi connectivity index (χ2n) is 12.3. The van der Waals surface area contributed by atoms with Crippen LogP contribution >= 0.6 is 0 Å². The van der Waals surface area contributed by atoms with Gasteiger partial charge in [-0.2, -0.15) is 0 Å². The summed E-state index contributed by atoms with van der Waals surface area (Å²) >= 11 is -1.07. The number of phenols is 1. The number of allylic oxidation sites excluding steroid dienone is 1. The normalized spacial score (nSPS) is 13.3. The third kappa shape index (κ3) is 7.09. The molecule has 1 aliphatic rings. The van der Waals surface area contributed by atoms with Gasteiger partial charge in [0, 0.05) is 23.0 Å². The Morgan fingerprint density at radius 1 is 0.522 bits per heavy atom. The summed E-state index contributed by atoms with van der Waals surface area (Å²) in [5, 5.41) is 11.9. The van der Waals surface area contributed by atoms with Crippen LogP contribution in [0.3, 0.4) is 0 Å². The Morgan fingerprint density at radius 3 is 1.28 bits per heavy atom. The Hall–Kier alpha value is -4.26. The molecule has 7 rings (SSSR count). The molecule has 0 radical (unpaired) electrons. The van der Waals surface area contributed by atoms with Crippen LogP contribution in [-0.2, 0) is 21.8 Å². The van der Waals surface area contributed by atoms with Gasteiger partial charge in [-0.25, -0.2) is 0 Å². The Morgan fingerprint density at radius 2 is 0.891 bits per heavy atom. The Kier molecular flexibility index (Phi) is 10.3. The van der Waals surface area contributed by atoms with Crippen molar-refractivity contribution >= 4 is 6.08 Å². The molecule has 0 aromatic heterocycles. The summed E-state index contributed by atoms with van der Waals surface area (Å²) in [6, 6.07) is 54.9. The number of phenolic OH excluding ortho intramolecular Hbond substituents is 1. The van der Waals surface area contributed by atoms with Crippen molar-refractivity contribution in [3.05, 3.63) is 214 Å². The van der Waals surface area contributed by atoms with Crippen molar-refractivity contribution in [3.63, 3.8) is 0 Å². The molecule has 1 nitrogen and oxygen atoms in total. The van der Waals surface area contributed by atoms with Crippen molar-refractivity contribution in [2.45, 2.75) is 31.6 Å². The van der Waals surface area contributed by atoms with Gasteiger partial charge < -0.3 is 5.11 Å². The number of hydrogen-bond donors (Lipinski definition) is 1. The van der Waals surface area contributed by atoms with Crippen LogP contribution in [0.4, 0.5) is 0 Å². The molecule has 0 spiro atoms. The van der Waals surface area contributed by atoms with Gasteiger partial charge in [-0.05, 0) is 29.2 Å². The average molecular weight is 677 g/mol. The van der Waals surface area contributed by atoms with Gasteiger partial charge in [0.15, 0.2) is 0 Å². The topological polar surface area (TPSA) is 20.2 Å². The summed E-state index contributed by atoms with van der Waals surface area (Å²) in [5.74, 6) is 0.238. The zero-order valence-electron chi connectivity index (χ0n) is 26.8. The minimum atomic E-state index is -1.07. The molecule has 0 saturated carbocycles. The Labute approximate surface area is 282 Å². The van der Waals surface area contributed by atoms with Gasteiger partial charge in [0.25, 0.3) is 0 Å². The molecular weight excluding hydrogens is 636 g/mol. The standard InChI is InChI=1S/C33H28O.C9H7.2CH3.Zr/c1-24-22-29(31(25-14-6-2-7-15-25)26-16-8-3-9-17-26)33(34)30(23-24)32(27-18-10-4-11-19-27)28-20-12-5-13-21-28;1-2-5-9-7-3-6-8(9)4-1;;;/h2-23,31-32,34H,1H3;1-7H;2*1H3;. The molecule has 0 fully saturated rings. The fourth-order valence-electron chi connectivity index (χ4n) is 6.71. The van der Waals surface area contributed by atoms with Crippen molar-refractivity contribution in [2.24, 2.45) is 0 Å². The van der Waals surface area contributed by atoms with Crippen LogP contribution in [0, 0.1) is 6.92 Å². The summed E-state index contributed by atoms with van der Waals surface area (Å²) in [6.07, 6.45) is 4.69. The van der Waals surface area contributed by atoms with Crippen molar-refractivity contribution in [1.29, 1.82) is 0 Å². The molecule has 227 valence electrons.